The van der Waals surface area contributed by atoms with Gasteiger partial charge >= 0.3 is 0 Å². The third-order valence-electron chi connectivity index (χ3n) is 3.13. The first-order valence-corrected chi connectivity index (χ1v) is 5.71. The summed E-state index contributed by atoms with van der Waals surface area (Å²) in [4.78, 5) is 7.67. The van der Waals surface area contributed by atoms with Crippen LogP contribution >= 0.6 is 0 Å². The third kappa shape index (κ3) is 4.08. The van der Waals surface area contributed by atoms with Gasteiger partial charge in [0.25, 0.3) is 0 Å². The van der Waals surface area contributed by atoms with Gasteiger partial charge in [-0.1, -0.05) is 12.0 Å². The normalized spacial score (nSPS) is 23.7. The number of hydrogen-bond donors (Lipinski definition) is 0. The Morgan fingerprint density at radius 3 is 2.93 bits per heavy atom. The molecule has 0 aromatic heterocycles. The molecule has 1 fully saturated rings. The molecule has 0 amide bonds. The monoisotopic (exact) mass is 211 g/mol. The molecule has 1 aliphatic heterocycles. The van der Waals surface area contributed by atoms with Crippen molar-refractivity contribution in [2.24, 2.45) is 5.11 Å². The standard InChI is InChI=1S/C10H21N5/c1-3-10-9-15(8-7-14(10)2)6-4-5-12-13-11/h10H,3-9H2,1-2H3. The lowest BCUT2D eigenvalue weighted by Crippen LogP contribution is -2.51. The molecule has 1 rings (SSSR count). The summed E-state index contributed by atoms with van der Waals surface area (Å²) in [6.45, 7) is 7.38. The molecule has 1 saturated heterocycles. The zero-order valence-corrected chi connectivity index (χ0v) is 9.76. The van der Waals surface area contributed by atoms with Crippen LogP contribution in [0.4, 0.5) is 0 Å². The minimum absolute atomic E-state index is 0.625. The molecule has 1 unspecified atom stereocenters. The molecular formula is C10H21N5. The van der Waals surface area contributed by atoms with Gasteiger partial charge in [0.05, 0.1) is 0 Å². The van der Waals surface area contributed by atoms with Crippen LogP contribution < -0.4 is 0 Å². The van der Waals surface area contributed by atoms with Crippen LogP contribution in [0.1, 0.15) is 19.8 Å². The van der Waals surface area contributed by atoms with Crippen LogP contribution in [0.2, 0.25) is 0 Å². The van der Waals surface area contributed by atoms with Crippen LogP contribution in [0.25, 0.3) is 10.4 Å². The van der Waals surface area contributed by atoms with E-state index in [1.54, 1.807) is 0 Å². The van der Waals surface area contributed by atoms with Gasteiger partial charge in [-0.15, -0.1) is 0 Å². The lowest BCUT2D eigenvalue weighted by molar-refractivity contribution is 0.0929. The third-order valence-corrected chi connectivity index (χ3v) is 3.13. The van der Waals surface area contributed by atoms with Crippen molar-refractivity contribution in [2.75, 3.05) is 39.8 Å². The Morgan fingerprint density at radius 1 is 1.47 bits per heavy atom. The van der Waals surface area contributed by atoms with Crippen LogP contribution in [-0.2, 0) is 0 Å². The maximum Gasteiger partial charge on any atom is 0.0270 e. The Hall–Kier alpha value is -0.770. The quantitative estimate of drug-likeness (QED) is 0.301. The van der Waals surface area contributed by atoms with Gasteiger partial charge in [-0.25, -0.2) is 0 Å². The minimum atomic E-state index is 0.625. The van der Waals surface area contributed by atoms with Gasteiger partial charge in [0.2, 0.25) is 0 Å². The summed E-state index contributed by atoms with van der Waals surface area (Å²) >= 11 is 0. The number of piperazine rings is 1. The second-order valence-corrected chi connectivity index (χ2v) is 4.15. The second kappa shape index (κ2) is 6.67. The van der Waals surface area contributed by atoms with Crippen LogP contribution in [0.15, 0.2) is 5.11 Å². The maximum absolute atomic E-state index is 8.16. The lowest BCUT2D eigenvalue weighted by Gasteiger charge is -2.39. The molecule has 5 heteroatoms. The van der Waals surface area contributed by atoms with Crippen LogP contribution in [0.3, 0.4) is 0 Å². The molecular weight excluding hydrogens is 190 g/mol. The fourth-order valence-electron chi connectivity index (χ4n) is 2.06. The number of azide groups is 1. The highest BCUT2D eigenvalue weighted by Crippen LogP contribution is 2.10. The molecule has 0 aromatic carbocycles. The zero-order valence-electron chi connectivity index (χ0n) is 9.76. The van der Waals surface area contributed by atoms with Crippen molar-refractivity contribution in [2.45, 2.75) is 25.8 Å². The fraction of sp³-hybridized carbons (Fsp3) is 1.00. The van der Waals surface area contributed by atoms with Gasteiger partial charge in [-0.3, -0.25) is 0 Å². The Labute approximate surface area is 91.7 Å². The van der Waals surface area contributed by atoms with E-state index in [0.29, 0.717) is 12.6 Å². The largest absolute Gasteiger partial charge is 0.301 e. The Kier molecular flexibility index (Phi) is 5.47. The number of nitrogens with zero attached hydrogens (tertiary/aromatic N) is 5. The van der Waals surface area contributed by atoms with Gasteiger partial charge in [0.1, 0.15) is 0 Å². The van der Waals surface area contributed by atoms with Crippen molar-refractivity contribution in [1.29, 1.82) is 0 Å². The van der Waals surface area contributed by atoms with Crippen molar-refractivity contribution < 1.29 is 0 Å². The Bertz CT molecular complexity index is 224. The SMILES string of the molecule is CCC1CN(CCCN=[N+]=[N-])CCN1C. The van der Waals surface area contributed by atoms with E-state index in [-0.39, 0.29) is 0 Å². The van der Waals surface area contributed by atoms with Crippen molar-refractivity contribution in [1.82, 2.24) is 9.80 Å². The summed E-state index contributed by atoms with van der Waals surface area (Å²) in [6, 6.07) is 0.693. The average molecular weight is 211 g/mol. The van der Waals surface area contributed by atoms with Crippen LogP contribution in [0.5, 0.6) is 0 Å². The molecule has 15 heavy (non-hydrogen) atoms. The zero-order chi connectivity index (χ0) is 11.1. The first-order valence-electron chi connectivity index (χ1n) is 5.71. The second-order valence-electron chi connectivity index (χ2n) is 4.15. The van der Waals surface area contributed by atoms with E-state index < -0.39 is 0 Å². The summed E-state index contributed by atoms with van der Waals surface area (Å²) < 4.78 is 0. The highest BCUT2D eigenvalue weighted by molar-refractivity contribution is 4.78. The number of rotatable bonds is 5. The molecule has 0 saturated carbocycles. The van der Waals surface area contributed by atoms with E-state index in [9.17, 15) is 0 Å². The predicted octanol–water partition coefficient (Wildman–Crippen LogP) is 1.71. The average Bonchev–Trinajstić information content (AvgIpc) is 2.26. The smallest absolute Gasteiger partial charge is 0.0270 e. The molecule has 86 valence electrons. The molecule has 0 radical (unpaired) electrons. The van der Waals surface area contributed by atoms with E-state index in [1.807, 2.05) is 0 Å². The molecule has 1 heterocycles. The van der Waals surface area contributed by atoms with Crippen LogP contribution in [0, 0.1) is 0 Å². The number of hydrogen-bond acceptors (Lipinski definition) is 3. The molecule has 0 N–H and O–H groups in total. The summed E-state index contributed by atoms with van der Waals surface area (Å²) in [7, 11) is 2.20. The molecule has 0 spiro atoms. The van der Waals surface area contributed by atoms with Gasteiger partial charge in [0, 0.05) is 37.1 Å². The summed E-state index contributed by atoms with van der Waals surface area (Å²) in [5, 5.41) is 3.55. The van der Waals surface area contributed by atoms with Crippen molar-refractivity contribution in [3.63, 3.8) is 0 Å². The summed E-state index contributed by atoms with van der Waals surface area (Å²) in [6.07, 6.45) is 2.19. The van der Waals surface area contributed by atoms with Gasteiger partial charge in [-0.2, -0.15) is 0 Å². The highest BCUT2D eigenvalue weighted by Gasteiger charge is 2.21. The predicted molar refractivity (Wildman–Crippen MR) is 61.8 cm³/mol. The van der Waals surface area contributed by atoms with E-state index in [2.05, 4.69) is 33.8 Å². The van der Waals surface area contributed by atoms with Gasteiger partial charge in [-0.05, 0) is 32.0 Å². The summed E-state index contributed by atoms with van der Waals surface area (Å²) in [5.41, 5.74) is 8.16. The van der Waals surface area contributed by atoms with Gasteiger partial charge < -0.3 is 9.80 Å². The summed E-state index contributed by atoms with van der Waals surface area (Å²) in [5.74, 6) is 0. The van der Waals surface area contributed by atoms with Crippen LogP contribution in [-0.4, -0.2) is 55.6 Å². The molecule has 5 nitrogen and oxygen atoms in total. The molecule has 0 bridgehead atoms. The van der Waals surface area contributed by atoms with Gasteiger partial charge in [0.15, 0.2) is 0 Å². The highest BCUT2D eigenvalue weighted by atomic mass is 15.3. The van der Waals surface area contributed by atoms with Crippen molar-refractivity contribution >= 4 is 0 Å². The molecule has 0 aliphatic carbocycles. The number of likely N-dealkylation sites (N-methyl/N-ethyl adjacent to an activating group) is 1. The Morgan fingerprint density at radius 2 is 2.27 bits per heavy atom. The topological polar surface area (TPSA) is 55.2 Å². The maximum atomic E-state index is 8.16. The fourth-order valence-corrected chi connectivity index (χ4v) is 2.06. The molecule has 0 aromatic rings. The first-order chi connectivity index (χ1) is 7.27. The van der Waals surface area contributed by atoms with E-state index in [4.69, 9.17) is 5.53 Å². The van der Waals surface area contributed by atoms with E-state index >= 15 is 0 Å². The Balaban J connectivity index is 2.22. The van der Waals surface area contributed by atoms with E-state index in [1.165, 1.54) is 6.42 Å². The minimum Gasteiger partial charge on any atom is -0.301 e. The van der Waals surface area contributed by atoms with Crippen molar-refractivity contribution in [3.8, 4) is 0 Å². The lowest BCUT2D eigenvalue weighted by atomic mass is 10.1. The molecule has 1 atom stereocenters. The van der Waals surface area contributed by atoms with Crippen molar-refractivity contribution in [3.05, 3.63) is 10.4 Å². The van der Waals surface area contributed by atoms with E-state index in [0.717, 1.165) is 32.6 Å². The first kappa shape index (κ1) is 12.3. The molecule has 1 aliphatic rings.